The highest BCUT2D eigenvalue weighted by molar-refractivity contribution is 6.02. The number of carbonyl (C=O) groups excluding carboxylic acids is 10. The van der Waals surface area contributed by atoms with Crippen molar-refractivity contribution in [2.24, 2.45) is 16.6 Å². The summed E-state index contributed by atoms with van der Waals surface area (Å²) in [5, 5.41) is 53.3. The number of amides is 9. The number of nitrogens with two attached hydrogens (primary N) is 2. The maximum Gasteiger partial charge on any atom is 0.340 e. The molecule has 0 bridgehead atoms. The molecule has 5 aromatic rings. The number of carboxylic acid groups (broad SMARTS) is 2. The van der Waals surface area contributed by atoms with Crippen LogP contribution in [0.15, 0.2) is 72.2 Å². The normalized spacial score (nSPS) is 13.7. The molecule has 18 N–H and O–H groups in total. The Morgan fingerprint density at radius 3 is 1.72 bits per heavy atom. The Morgan fingerprint density at radius 1 is 0.630 bits per heavy atom. The Bertz CT molecular complexity index is 4230. The maximum absolute atomic E-state index is 14.5. The molecule has 36 nitrogen and oxygen atoms in total. The topological polar surface area (TPSA) is 544 Å². The van der Waals surface area contributed by atoms with Crippen LogP contribution in [0.1, 0.15) is 125 Å². The number of fused-ring (bicyclic) bond motifs is 6. The summed E-state index contributed by atoms with van der Waals surface area (Å²) in [4.78, 5) is 172. The molecule has 0 saturated heterocycles. The lowest BCUT2D eigenvalue weighted by molar-refractivity contribution is -0.139. The van der Waals surface area contributed by atoms with Gasteiger partial charge in [-0.15, -0.1) is 0 Å². The number of azide groups is 1. The summed E-state index contributed by atoms with van der Waals surface area (Å²) >= 11 is 0. The number of halogens is 4. The number of unbranched alkanes of at least 4 members (excludes halogenated alkanes) is 2. The number of aromatic nitrogens is 2. The molecule has 108 heavy (non-hydrogen) atoms. The number of guanidine groups is 1. The molecule has 0 saturated carbocycles. The van der Waals surface area contributed by atoms with Crippen LogP contribution < -0.4 is 79.2 Å². The second kappa shape index (κ2) is 37.9. The first-order chi connectivity index (χ1) is 51.3. The summed E-state index contributed by atoms with van der Waals surface area (Å²) in [7, 11) is 7.51. The number of rotatable bonds is 39. The predicted octanol–water partition coefficient (Wildman–Crippen LogP) is 1.57. The van der Waals surface area contributed by atoms with Crippen molar-refractivity contribution in [3.8, 4) is 11.5 Å². The van der Waals surface area contributed by atoms with Gasteiger partial charge >= 0.3 is 17.9 Å². The standard InChI is InChI=1S/C68H82F4N20O16/c1-33(84-49(93)30-81-60(100)42(73)11-6-8-23-79-65(105)52-53(69)55(71)57(89-90-76)56(72)54(52)70)58(98)85-45(20-21-50(94)95)63(103)88-46(26-35-29-77-32-83-35)64(104)87-44(13-10-24-80-67(74)75)62(102)86-43(61(101)82-31-51(96)97)12-7-9-22-78-59(99)34-14-17-39-38(25-34)66(106)108-68(39)40-18-15-36(91(2)3)27-47(40)107-48-28-37(92(4)5)16-19-41(48)68/h14-19,25,27-29,32-33,42-46H,6-13,20-24,26,30-31,73H2,1-5H3,(H,77,83)(H,78,99)(H,79,105)(H,81,100)(H,82,101)(H,84,93)(H,85,98)(H,86,102)(H,87,104)(H,88,103)(H,94,95)(H,96,97)(H4,74,75,80)/t33-,42+,43+,44-,45-,46-/m1/s1. The summed E-state index contributed by atoms with van der Waals surface area (Å²) in [5.41, 5.74) is 18.9. The molecule has 4 aromatic carbocycles. The van der Waals surface area contributed by atoms with Crippen molar-refractivity contribution in [2.75, 3.05) is 70.7 Å². The van der Waals surface area contributed by atoms with E-state index in [4.69, 9.17) is 31.9 Å². The van der Waals surface area contributed by atoms with Gasteiger partial charge in [-0.25, -0.2) is 27.3 Å². The van der Waals surface area contributed by atoms with E-state index in [2.05, 4.69) is 73.2 Å². The Hall–Kier alpha value is -12.6. The van der Waals surface area contributed by atoms with Gasteiger partial charge in [-0.3, -0.25) is 58.1 Å². The molecule has 3 heterocycles. The van der Waals surface area contributed by atoms with Crippen LogP contribution in [0.2, 0.25) is 0 Å². The van der Waals surface area contributed by atoms with Crippen molar-refractivity contribution in [3.63, 3.8) is 0 Å². The molecule has 2 aliphatic rings. The number of carbonyl (C=O) groups is 12. The van der Waals surface area contributed by atoms with Crippen LogP contribution in [0.3, 0.4) is 0 Å². The fraction of sp³-hybridized carbons (Fsp3) is 0.412. The van der Waals surface area contributed by atoms with Gasteiger partial charge in [0.25, 0.3) is 11.8 Å². The number of hydrogen-bond acceptors (Lipinski definition) is 20. The molecular formula is C68H82F4N20O16. The van der Waals surface area contributed by atoms with E-state index < -0.39 is 179 Å². The van der Waals surface area contributed by atoms with E-state index in [1.54, 1.807) is 12.1 Å². The number of imidazole rings is 1. The maximum atomic E-state index is 14.5. The molecule has 1 aromatic heterocycles. The average Bonchev–Trinajstić information content (AvgIpc) is 1.48. The van der Waals surface area contributed by atoms with Crippen molar-refractivity contribution in [2.45, 2.75) is 119 Å². The number of carboxylic acids is 2. The van der Waals surface area contributed by atoms with Crippen LogP contribution in [0.25, 0.3) is 10.4 Å². The highest BCUT2D eigenvalue weighted by atomic mass is 19.2. The molecular weight excluding hydrogens is 1430 g/mol. The van der Waals surface area contributed by atoms with Gasteiger partial charge in [0.2, 0.25) is 41.4 Å². The van der Waals surface area contributed by atoms with Gasteiger partial charge in [-0.2, -0.15) is 0 Å². The van der Waals surface area contributed by atoms with Crippen molar-refractivity contribution >= 4 is 94.1 Å². The fourth-order valence-electron chi connectivity index (χ4n) is 11.5. The zero-order valence-corrected chi connectivity index (χ0v) is 59.1. The summed E-state index contributed by atoms with van der Waals surface area (Å²) in [5.74, 6) is -20.6. The zero-order chi connectivity index (χ0) is 79.3. The lowest BCUT2D eigenvalue weighted by atomic mass is 9.77. The molecule has 578 valence electrons. The van der Waals surface area contributed by atoms with Crippen LogP contribution in [0.5, 0.6) is 11.5 Å². The third-order valence-corrected chi connectivity index (χ3v) is 17.2. The monoisotopic (exact) mass is 1510 g/mol. The van der Waals surface area contributed by atoms with Crippen LogP contribution in [-0.2, 0) is 59.9 Å². The molecule has 0 fully saturated rings. The van der Waals surface area contributed by atoms with E-state index in [0.717, 1.165) is 11.4 Å². The Labute approximate surface area is 613 Å². The Balaban J connectivity index is 0.959. The van der Waals surface area contributed by atoms with Crippen LogP contribution in [-0.4, -0.2) is 194 Å². The number of ether oxygens (including phenoxy) is 2. The van der Waals surface area contributed by atoms with E-state index in [9.17, 15) is 85.3 Å². The third kappa shape index (κ3) is 21.3. The minimum atomic E-state index is -2.11. The molecule has 6 atom stereocenters. The van der Waals surface area contributed by atoms with Gasteiger partial charge in [0.1, 0.15) is 59.5 Å². The first-order valence-corrected chi connectivity index (χ1v) is 33.7. The summed E-state index contributed by atoms with van der Waals surface area (Å²) in [6.45, 7) is -0.781. The van der Waals surface area contributed by atoms with E-state index >= 15 is 0 Å². The van der Waals surface area contributed by atoms with Crippen molar-refractivity contribution in [3.05, 3.63) is 140 Å². The van der Waals surface area contributed by atoms with Crippen molar-refractivity contribution < 1.29 is 94.8 Å². The van der Waals surface area contributed by atoms with Crippen LogP contribution >= 0.6 is 0 Å². The summed E-state index contributed by atoms with van der Waals surface area (Å²) in [6.07, 6.45) is 0.802. The minimum Gasteiger partial charge on any atom is -0.481 e. The number of nitrogens with one attached hydrogen (secondary N) is 12. The van der Waals surface area contributed by atoms with Crippen LogP contribution in [0, 0.1) is 28.7 Å². The first kappa shape index (κ1) is 82.7. The molecule has 0 radical (unpaired) electrons. The highest BCUT2D eigenvalue weighted by Gasteiger charge is 2.54. The van der Waals surface area contributed by atoms with E-state index in [1.165, 1.54) is 25.5 Å². The molecule has 40 heteroatoms. The molecule has 1 spiro atoms. The summed E-state index contributed by atoms with van der Waals surface area (Å²) in [6, 6.07) is 6.61. The third-order valence-electron chi connectivity index (χ3n) is 17.2. The van der Waals surface area contributed by atoms with Crippen molar-refractivity contribution in [1.29, 1.82) is 5.41 Å². The fourth-order valence-corrected chi connectivity index (χ4v) is 11.5. The van der Waals surface area contributed by atoms with Crippen LogP contribution in [0.4, 0.5) is 34.6 Å². The van der Waals surface area contributed by atoms with Gasteiger partial charge < -0.3 is 99.1 Å². The largest absolute Gasteiger partial charge is 0.481 e. The second-order valence-corrected chi connectivity index (χ2v) is 25.4. The number of H-pyrrole nitrogens is 1. The van der Waals surface area contributed by atoms with Gasteiger partial charge in [-0.1, -0.05) is 11.2 Å². The quantitative estimate of drug-likeness (QED) is 0.00305. The SMILES string of the molecule is C[C@@H](NC(=O)CNC(=O)[C@@H](N)CCCCNC(=O)c1c(F)c(F)c(N=[N+]=[N-])c(F)c1F)C(=O)N[C@H](CCC(=O)O)C(=O)N[C@H](Cc1cnc[nH]1)C(=O)N[C@H](CCCNC(=N)N)C(=O)N[C@@H](CCCCNC(=O)c1ccc2c(c1)C(=O)OC21c2ccc(N(C)C)cc2Oc2cc(N(C)C)ccc21)C(=O)NCC(=O)O. The van der Waals surface area contributed by atoms with Gasteiger partial charge in [0, 0.05) is 123 Å². The predicted molar refractivity (Wildman–Crippen MR) is 376 cm³/mol. The number of benzene rings is 4. The number of aromatic amines is 1. The summed E-state index contributed by atoms with van der Waals surface area (Å²) < 4.78 is 70.0. The number of nitrogens with zero attached hydrogens (tertiary/aromatic N) is 6. The van der Waals surface area contributed by atoms with Gasteiger partial charge in [0.05, 0.1) is 24.5 Å². The molecule has 7 rings (SSSR count). The highest BCUT2D eigenvalue weighted by Crippen LogP contribution is 2.57. The minimum absolute atomic E-state index is 0.00319. The average molecular weight is 1510 g/mol. The Morgan fingerprint density at radius 2 is 1.16 bits per heavy atom. The zero-order valence-electron chi connectivity index (χ0n) is 59.1. The lowest BCUT2D eigenvalue weighted by Crippen LogP contribution is -2.59. The number of hydrogen-bond donors (Lipinski definition) is 16. The molecule has 0 unspecified atom stereocenters. The van der Waals surface area contributed by atoms with Crippen molar-refractivity contribution in [1.82, 2.24) is 63.1 Å². The smallest absolute Gasteiger partial charge is 0.340 e. The molecule has 2 aliphatic heterocycles. The first-order valence-electron chi connectivity index (χ1n) is 33.7. The number of aliphatic carboxylic acids is 2. The van der Waals surface area contributed by atoms with E-state index in [-0.39, 0.29) is 94.2 Å². The Kier molecular flexibility index (Phi) is 29.0. The van der Waals surface area contributed by atoms with E-state index in [0.29, 0.717) is 28.2 Å². The number of anilines is 2. The van der Waals surface area contributed by atoms with Gasteiger partial charge in [-0.05, 0) is 107 Å². The molecule has 0 aliphatic carbocycles. The van der Waals surface area contributed by atoms with Gasteiger partial charge in [0.15, 0.2) is 34.8 Å². The molecule has 9 amide bonds. The second-order valence-electron chi connectivity index (χ2n) is 25.4. The number of esters is 1. The van der Waals surface area contributed by atoms with E-state index in [1.807, 2.05) is 74.4 Å². The lowest BCUT2D eigenvalue weighted by Gasteiger charge is -2.37.